The highest BCUT2D eigenvalue weighted by molar-refractivity contribution is 7.09. The lowest BCUT2D eigenvalue weighted by Gasteiger charge is -1.96. The summed E-state index contributed by atoms with van der Waals surface area (Å²) in [7, 11) is 1.72. The molecule has 16 heavy (non-hydrogen) atoms. The predicted octanol–water partition coefficient (Wildman–Crippen LogP) is 2.78. The molecule has 2 aromatic heterocycles. The second kappa shape index (κ2) is 5.72. The van der Waals surface area contributed by atoms with E-state index >= 15 is 0 Å². The molecule has 0 spiro atoms. The molecule has 0 aliphatic heterocycles. The molecule has 0 N–H and O–H groups in total. The molecule has 0 bridgehead atoms. The lowest BCUT2D eigenvalue weighted by atomic mass is 10.3. The third kappa shape index (κ3) is 2.87. The third-order valence-corrected chi connectivity index (χ3v) is 3.13. The number of methoxy groups -OCH3 is 1. The average molecular weight is 234 g/mol. The highest BCUT2D eigenvalue weighted by atomic mass is 32.1. The van der Waals surface area contributed by atoms with E-state index in [4.69, 9.17) is 4.74 Å². The summed E-state index contributed by atoms with van der Waals surface area (Å²) in [6, 6.07) is 5.87. The first-order chi connectivity index (χ1) is 7.90. The number of hydrogen-bond donors (Lipinski definition) is 0. The highest BCUT2D eigenvalue weighted by Crippen LogP contribution is 2.20. The largest absolute Gasteiger partial charge is 0.385 e. The van der Waals surface area contributed by atoms with Crippen LogP contribution in [-0.4, -0.2) is 23.7 Å². The molecule has 2 aromatic rings. The van der Waals surface area contributed by atoms with Crippen molar-refractivity contribution in [1.29, 1.82) is 0 Å². The summed E-state index contributed by atoms with van der Waals surface area (Å²) >= 11 is 1.69. The summed E-state index contributed by atoms with van der Waals surface area (Å²) in [5.41, 5.74) is 1.91. The molecule has 2 heterocycles. The van der Waals surface area contributed by atoms with Crippen LogP contribution in [0.25, 0.3) is 11.4 Å². The Morgan fingerprint density at radius 2 is 2.25 bits per heavy atom. The van der Waals surface area contributed by atoms with E-state index < -0.39 is 0 Å². The van der Waals surface area contributed by atoms with Gasteiger partial charge in [0.1, 0.15) is 0 Å². The van der Waals surface area contributed by atoms with Gasteiger partial charge in [-0.2, -0.15) is 0 Å². The van der Waals surface area contributed by atoms with Gasteiger partial charge in [0.15, 0.2) is 0 Å². The molecular weight excluding hydrogens is 220 g/mol. The molecule has 0 saturated carbocycles. The first-order valence-electron chi connectivity index (χ1n) is 5.25. The molecule has 0 unspecified atom stereocenters. The molecule has 0 amide bonds. The minimum absolute atomic E-state index is 0.790. The van der Waals surface area contributed by atoms with Gasteiger partial charge < -0.3 is 4.74 Å². The van der Waals surface area contributed by atoms with Crippen LogP contribution in [0.5, 0.6) is 0 Å². The van der Waals surface area contributed by atoms with Crippen LogP contribution in [0.15, 0.2) is 29.8 Å². The summed E-state index contributed by atoms with van der Waals surface area (Å²) < 4.78 is 5.02. The van der Waals surface area contributed by atoms with Crippen molar-refractivity contribution in [2.45, 2.75) is 12.8 Å². The second-order valence-corrected chi connectivity index (χ2v) is 4.38. The lowest BCUT2D eigenvalue weighted by Crippen LogP contribution is -1.92. The fourth-order valence-corrected chi connectivity index (χ4v) is 2.26. The van der Waals surface area contributed by atoms with Crippen molar-refractivity contribution in [3.05, 3.63) is 34.8 Å². The van der Waals surface area contributed by atoms with Crippen molar-refractivity contribution in [2.75, 3.05) is 13.7 Å². The van der Waals surface area contributed by atoms with E-state index in [1.54, 1.807) is 24.6 Å². The SMILES string of the molecule is COCCCc1nc(-c2ccccn2)cs1. The Balaban J connectivity index is 2.02. The van der Waals surface area contributed by atoms with Gasteiger partial charge >= 0.3 is 0 Å². The first kappa shape index (κ1) is 11.2. The van der Waals surface area contributed by atoms with Crippen LogP contribution in [-0.2, 0) is 11.2 Å². The van der Waals surface area contributed by atoms with Crippen LogP contribution in [0, 0.1) is 0 Å². The third-order valence-electron chi connectivity index (χ3n) is 2.22. The number of ether oxygens (including phenoxy) is 1. The number of aromatic nitrogens is 2. The molecule has 4 heteroatoms. The molecule has 0 fully saturated rings. The van der Waals surface area contributed by atoms with Gasteiger partial charge in [-0.1, -0.05) is 6.07 Å². The average Bonchev–Trinajstić information content (AvgIpc) is 2.79. The van der Waals surface area contributed by atoms with E-state index in [1.165, 1.54) is 0 Å². The van der Waals surface area contributed by atoms with Crippen LogP contribution in [0.1, 0.15) is 11.4 Å². The Morgan fingerprint density at radius 1 is 1.31 bits per heavy atom. The van der Waals surface area contributed by atoms with E-state index in [0.717, 1.165) is 35.8 Å². The highest BCUT2D eigenvalue weighted by Gasteiger charge is 2.04. The van der Waals surface area contributed by atoms with Gasteiger partial charge in [-0.25, -0.2) is 4.98 Å². The number of pyridine rings is 1. The quantitative estimate of drug-likeness (QED) is 0.746. The zero-order chi connectivity index (χ0) is 11.2. The van der Waals surface area contributed by atoms with Gasteiger partial charge in [0.2, 0.25) is 0 Å². The van der Waals surface area contributed by atoms with Crippen molar-refractivity contribution in [1.82, 2.24) is 9.97 Å². The number of hydrogen-bond acceptors (Lipinski definition) is 4. The van der Waals surface area contributed by atoms with Crippen molar-refractivity contribution in [3.63, 3.8) is 0 Å². The van der Waals surface area contributed by atoms with Crippen LogP contribution >= 0.6 is 11.3 Å². The normalized spacial score (nSPS) is 10.6. The monoisotopic (exact) mass is 234 g/mol. The van der Waals surface area contributed by atoms with Crippen molar-refractivity contribution >= 4 is 11.3 Å². The molecule has 0 aliphatic rings. The van der Waals surface area contributed by atoms with E-state index in [9.17, 15) is 0 Å². The number of rotatable bonds is 5. The second-order valence-electron chi connectivity index (χ2n) is 3.44. The van der Waals surface area contributed by atoms with Crippen molar-refractivity contribution in [3.8, 4) is 11.4 Å². The molecule has 0 saturated heterocycles. The number of thiazole rings is 1. The predicted molar refractivity (Wildman–Crippen MR) is 65.5 cm³/mol. The molecule has 0 aromatic carbocycles. The van der Waals surface area contributed by atoms with Crippen molar-refractivity contribution in [2.24, 2.45) is 0 Å². The van der Waals surface area contributed by atoms with Gasteiger partial charge in [0.25, 0.3) is 0 Å². The van der Waals surface area contributed by atoms with Gasteiger partial charge in [-0.05, 0) is 18.6 Å². The standard InChI is InChI=1S/C12H14N2OS/c1-15-8-4-6-12-14-11(9-16-12)10-5-2-3-7-13-10/h2-3,5,7,9H,4,6,8H2,1H3. The van der Waals surface area contributed by atoms with E-state index in [1.807, 2.05) is 18.2 Å². The summed E-state index contributed by atoms with van der Waals surface area (Å²) in [6.45, 7) is 0.790. The maximum atomic E-state index is 5.02. The van der Waals surface area contributed by atoms with E-state index in [2.05, 4.69) is 15.3 Å². The summed E-state index contributed by atoms with van der Waals surface area (Å²) in [5.74, 6) is 0. The zero-order valence-corrected chi connectivity index (χ0v) is 10.0. The maximum absolute atomic E-state index is 5.02. The summed E-state index contributed by atoms with van der Waals surface area (Å²) in [5, 5.41) is 3.21. The minimum Gasteiger partial charge on any atom is -0.385 e. The van der Waals surface area contributed by atoms with E-state index in [0.29, 0.717) is 0 Å². The fourth-order valence-electron chi connectivity index (χ4n) is 1.43. The Hall–Kier alpha value is -1.26. The lowest BCUT2D eigenvalue weighted by molar-refractivity contribution is 0.195. The first-order valence-corrected chi connectivity index (χ1v) is 6.13. The minimum atomic E-state index is 0.790. The van der Waals surface area contributed by atoms with Gasteiger partial charge in [-0.3, -0.25) is 4.98 Å². The molecule has 0 radical (unpaired) electrons. The molecule has 0 aliphatic carbocycles. The summed E-state index contributed by atoms with van der Waals surface area (Å²) in [6.07, 6.45) is 3.79. The van der Waals surface area contributed by atoms with Gasteiger partial charge in [0.05, 0.1) is 16.4 Å². The van der Waals surface area contributed by atoms with Crippen LogP contribution in [0.2, 0.25) is 0 Å². The summed E-state index contributed by atoms with van der Waals surface area (Å²) in [4.78, 5) is 8.83. The topological polar surface area (TPSA) is 35.0 Å². The zero-order valence-electron chi connectivity index (χ0n) is 9.22. The molecule has 3 nitrogen and oxygen atoms in total. The molecule has 0 atom stereocenters. The Labute approximate surface area is 99.1 Å². The van der Waals surface area contributed by atoms with E-state index in [-0.39, 0.29) is 0 Å². The Bertz CT molecular complexity index is 428. The molecular formula is C12H14N2OS. The van der Waals surface area contributed by atoms with Crippen LogP contribution < -0.4 is 0 Å². The number of nitrogens with zero attached hydrogens (tertiary/aromatic N) is 2. The molecule has 2 rings (SSSR count). The fraction of sp³-hybridized carbons (Fsp3) is 0.333. The van der Waals surface area contributed by atoms with Crippen molar-refractivity contribution < 1.29 is 4.74 Å². The van der Waals surface area contributed by atoms with Gasteiger partial charge in [-0.15, -0.1) is 11.3 Å². The van der Waals surface area contributed by atoms with Crippen LogP contribution in [0.3, 0.4) is 0 Å². The molecule has 84 valence electrons. The Morgan fingerprint density at radius 3 is 3.00 bits per heavy atom. The smallest absolute Gasteiger partial charge is 0.0998 e. The Kier molecular flexibility index (Phi) is 4.02. The van der Waals surface area contributed by atoms with Gasteiger partial charge in [0, 0.05) is 31.7 Å². The maximum Gasteiger partial charge on any atom is 0.0998 e. The van der Waals surface area contributed by atoms with Crippen LogP contribution in [0.4, 0.5) is 0 Å². The number of aryl methyl sites for hydroxylation is 1.